The zero-order valence-corrected chi connectivity index (χ0v) is 12.0. The van der Waals surface area contributed by atoms with E-state index in [9.17, 15) is 4.79 Å². The highest BCUT2D eigenvalue weighted by atomic mass is 32.1. The second kappa shape index (κ2) is 5.02. The van der Waals surface area contributed by atoms with Crippen molar-refractivity contribution in [2.45, 2.75) is 34.1 Å². The van der Waals surface area contributed by atoms with E-state index in [1.165, 1.54) is 5.56 Å². The first kappa shape index (κ1) is 13.0. The molecule has 0 radical (unpaired) electrons. The first-order valence-electron chi connectivity index (χ1n) is 5.99. The minimum atomic E-state index is 0.162. The lowest BCUT2D eigenvalue weighted by Crippen LogP contribution is -2.08. The lowest BCUT2D eigenvalue weighted by molar-refractivity contribution is 0.0991. The molecule has 0 unspecified atom stereocenters. The molecule has 0 bridgehead atoms. The molecule has 0 atom stereocenters. The van der Waals surface area contributed by atoms with Crippen molar-refractivity contribution < 1.29 is 4.79 Å². The Labute approximate surface area is 112 Å². The van der Waals surface area contributed by atoms with Crippen LogP contribution in [0.1, 0.15) is 37.7 Å². The summed E-state index contributed by atoms with van der Waals surface area (Å²) in [5.41, 5.74) is 5.05. The highest BCUT2D eigenvalue weighted by molar-refractivity contribution is 7.09. The molecule has 2 aromatic rings. The van der Waals surface area contributed by atoms with E-state index in [0.29, 0.717) is 6.42 Å². The van der Waals surface area contributed by atoms with Crippen LogP contribution in [0.25, 0.3) is 0 Å². The van der Waals surface area contributed by atoms with E-state index in [-0.39, 0.29) is 5.78 Å². The third-order valence-electron chi connectivity index (χ3n) is 2.96. The van der Waals surface area contributed by atoms with Crippen LogP contribution in [-0.2, 0) is 6.42 Å². The van der Waals surface area contributed by atoms with Crippen LogP contribution in [0.5, 0.6) is 0 Å². The van der Waals surface area contributed by atoms with Gasteiger partial charge in [-0.3, -0.25) is 4.79 Å². The lowest BCUT2D eigenvalue weighted by Gasteiger charge is -2.09. The van der Waals surface area contributed by atoms with Gasteiger partial charge in [-0.2, -0.15) is 0 Å². The second-order valence-corrected chi connectivity index (χ2v) is 5.79. The van der Waals surface area contributed by atoms with Gasteiger partial charge in [0.15, 0.2) is 5.78 Å². The van der Waals surface area contributed by atoms with Gasteiger partial charge in [0.1, 0.15) is 0 Å². The number of carbonyl (C=O) groups excluding carboxylic acids is 1. The van der Waals surface area contributed by atoms with Crippen LogP contribution < -0.4 is 0 Å². The summed E-state index contributed by atoms with van der Waals surface area (Å²) in [6.07, 6.45) is 0.398. The maximum absolute atomic E-state index is 12.3. The quantitative estimate of drug-likeness (QED) is 0.785. The maximum atomic E-state index is 12.3. The zero-order valence-electron chi connectivity index (χ0n) is 11.2. The number of hydrogen-bond donors (Lipinski definition) is 0. The van der Waals surface area contributed by atoms with Crippen molar-refractivity contribution in [2.75, 3.05) is 0 Å². The van der Waals surface area contributed by atoms with Crippen molar-refractivity contribution in [3.8, 4) is 0 Å². The van der Waals surface area contributed by atoms with Gasteiger partial charge in [-0.1, -0.05) is 17.7 Å². The van der Waals surface area contributed by atoms with Crippen LogP contribution in [-0.4, -0.2) is 10.8 Å². The van der Waals surface area contributed by atoms with Crippen molar-refractivity contribution in [1.29, 1.82) is 0 Å². The number of aryl methyl sites for hydroxylation is 4. The highest BCUT2D eigenvalue weighted by Crippen LogP contribution is 2.19. The van der Waals surface area contributed by atoms with Gasteiger partial charge in [0, 0.05) is 10.9 Å². The molecule has 0 aliphatic rings. The summed E-state index contributed by atoms with van der Waals surface area (Å²) < 4.78 is 0. The smallest absolute Gasteiger partial charge is 0.169 e. The minimum Gasteiger partial charge on any atom is -0.294 e. The zero-order chi connectivity index (χ0) is 13.3. The molecule has 0 aliphatic carbocycles. The Balaban J connectivity index is 2.29. The van der Waals surface area contributed by atoms with Gasteiger partial charge >= 0.3 is 0 Å². The second-order valence-electron chi connectivity index (χ2n) is 4.73. The molecule has 2 nitrogen and oxygen atoms in total. The molecule has 0 spiro atoms. The normalized spacial score (nSPS) is 10.7. The number of nitrogens with zero attached hydrogens (tertiary/aromatic N) is 1. The topological polar surface area (TPSA) is 30.0 Å². The number of aromatic nitrogens is 1. The molecule has 0 aliphatic heterocycles. The summed E-state index contributed by atoms with van der Waals surface area (Å²) in [5.74, 6) is 0.162. The molecule has 94 valence electrons. The average molecular weight is 259 g/mol. The van der Waals surface area contributed by atoms with Gasteiger partial charge in [-0.15, -0.1) is 11.3 Å². The Kier molecular flexibility index (Phi) is 3.62. The van der Waals surface area contributed by atoms with Crippen LogP contribution in [0.4, 0.5) is 0 Å². The standard InChI is InChI=1S/C15H17NOS/c1-9-5-10(2)15(11(3)6-9)14(17)7-13-8-18-12(4)16-13/h5-6,8H,7H2,1-4H3. The van der Waals surface area contributed by atoms with Gasteiger partial charge in [0.05, 0.1) is 17.1 Å². The summed E-state index contributed by atoms with van der Waals surface area (Å²) in [7, 11) is 0. The number of carbonyl (C=O) groups is 1. The fourth-order valence-electron chi connectivity index (χ4n) is 2.36. The van der Waals surface area contributed by atoms with E-state index in [2.05, 4.69) is 24.0 Å². The molecule has 0 amide bonds. The number of Topliss-reactive ketones (excluding diaryl/α,β-unsaturated/α-hetero) is 1. The monoisotopic (exact) mass is 259 g/mol. The SMILES string of the molecule is Cc1cc(C)c(C(=O)Cc2csc(C)n2)c(C)c1. The highest BCUT2D eigenvalue weighted by Gasteiger charge is 2.14. The lowest BCUT2D eigenvalue weighted by atomic mass is 9.95. The van der Waals surface area contributed by atoms with Crippen molar-refractivity contribution in [3.63, 3.8) is 0 Å². The van der Waals surface area contributed by atoms with Crippen molar-refractivity contribution >= 4 is 17.1 Å². The summed E-state index contributed by atoms with van der Waals surface area (Å²) in [5, 5.41) is 2.97. The van der Waals surface area contributed by atoms with Gasteiger partial charge in [0.25, 0.3) is 0 Å². The molecule has 18 heavy (non-hydrogen) atoms. The van der Waals surface area contributed by atoms with Gasteiger partial charge in [-0.25, -0.2) is 4.98 Å². The summed E-state index contributed by atoms with van der Waals surface area (Å²) in [6, 6.07) is 4.12. The van der Waals surface area contributed by atoms with Crippen LogP contribution >= 0.6 is 11.3 Å². The molecule has 3 heteroatoms. The largest absolute Gasteiger partial charge is 0.294 e. The number of benzene rings is 1. The third-order valence-corrected chi connectivity index (χ3v) is 3.79. The summed E-state index contributed by atoms with van der Waals surface area (Å²) in [4.78, 5) is 16.7. The Morgan fingerprint density at radius 1 is 1.17 bits per heavy atom. The fraction of sp³-hybridized carbons (Fsp3) is 0.333. The van der Waals surface area contributed by atoms with Crippen molar-refractivity contribution in [1.82, 2.24) is 4.98 Å². The molecule has 0 saturated carbocycles. The summed E-state index contributed by atoms with van der Waals surface area (Å²) >= 11 is 1.59. The van der Waals surface area contributed by atoms with E-state index in [1.54, 1.807) is 11.3 Å². The first-order valence-corrected chi connectivity index (χ1v) is 6.87. The van der Waals surface area contributed by atoms with Crippen LogP contribution in [0, 0.1) is 27.7 Å². The number of rotatable bonds is 3. The van der Waals surface area contributed by atoms with E-state index >= 15 is 0 Å². The minimum absolute atomic E-state index is 0.162. The van der Waals surface area contributed by atoms with E-state index in [1.807, 2.05) is 26.2 Å². The Morgan fingerprint density at radius 2 is 1.78 bits per heavy atom. The Hall–Kier alpha value is -1.48. The van der Waals surface area contributed by atoms with Crippen molar-refractivity contribution in [3.05, 3.63) is 50.5 Å². The summed E-state index contributed by atoms with van der Waals surface area (Å²) in [6.45, 7) is 8.01. The van der Waals surface area contributed by atoms with Crippen LogP contribution in [0.3, 0.4) is 0 Å². The molecule has 2 rings (SSSR count). The van der Waals surface area contributed by atoms with Gasteiger partial charge < -0.3 is 0 Å². The maximum Gasteiger partial charge on any atom is 0.169 e. The molecule has 1 aromatic heterocycles. The van der Waals surface area contributed by atoms with Crippen LogP contribution in [0.2, 0.25) is 0 Å². The third kappa shape index (κ3) is 2.67. The van der Waals surface area contributed by atoms with E-state index in [0.717, 1.165) is 27.4 Å². The molecule has 1 heterocycles. The number of hydrogen-bond acceptors (Lipinski definition) is 3. The predicted molar refractivity (Wildman–Crippen MR) is 75.5 cm³/mol. The molecule has 1 aromatic carbocycles. The molecular weight excluding hydrogens is 242 g/mol. The fourth-order valence-corrected chi connectivity index (χ4v) is 2.97. The molecule has 0 fully saturated rings. The average Bonchev–Trinajstić information content (AvgIpc) is 2.62. The molecule has 0 saturated heterocycles. The Bertz CT molecular complexity index is 575. The van der Waals surface area contributed by atoms with E-state index < -0.39 is 0 Å². The predicted octanol–water partition coefficient (Wildman–Crippen LogP) is 3.80. The van der Waals surface area contributed by atoms with Crippen molar-refractivity contribution in [2.24, 2.45) is 0 Å². The number of ketones is 1. The van der Waals surface area contributed by atoms with Gasteiger partial charge in [-0.05, 0) is 38.8 Å². The van der Waals surface area contributed by atoms with Crippen LogP contribution in [0.15, 0.2) is 17.5 Å². The van der Waals surface area contributed by atoms with Gasteiger partial charge in [0.2, 0.25) is 0 Å². The Morgan fingerprint density at radius 3 is 2.28 bits per heavy atom. The molecule has 0 N–H and O–H groups in total. The first-order chi connectivity index (χ1) is 8.47. The van der Waals surface area contributed by atoms with E-state index in [4.69, 9.17) is 0 Å². The molecular formula is C15H17NOS. The number of thiazole rings is 1.